The second kappa shape index (κ2) is 6.17. The summed E-state index contributed by atoms with van der Waals surface area (Å²) in [5, 5.41) is 0. The number of aryl methyl sites for hydroxylation is 3. The Morgan fingerprint density at radius 2 is 1.50 bits per heavy atom. The molecule has 20 heavy (non-hydrogen) atoms. The molecule has 2 nitrogen and oxygen atoms in total. The molecule has 0 aliphatic carbocycles. The highest BCUT2D eigenvalue weighted by Crippen LogP contribution is 2.24. The fourth-order valence-electron chi connectivity index (χ4n) is 2.80. The van der Waals surface area contributed by atoms with Gasteiger partial charge in [0.2, 0.25) is 0 Å². The van der Waals surface area contributed by atoms with Crippen LogP contribution in [0.1, 0.15) is 55.6 Å². The quantitative estimate of drug-likeness (QED) is 0.793. The lowest BCUT2D eigenvalue weighted by Gasteiger charge is -2.13. The summed E-state index contributed by atoms with van der Waals surface area (Å²) >= 11 is 0. The number of benzene rings is 1. The Bertz CT molecular complexity index is 560. The summed E-state index contributed by atoms with van der Waals surface area (Å²) in [7, 11) is 0. The molecule has 0 saturated heterocycles. The van der Waals surface area contributed by atoms with E-state index in [9.17, 15) is 0 Å². The monoisotopic (exact) mass is 268 g/mol. The van der Waals surface area contributed by atoms with Crippen LogP contribution in [0.4, 0.5) is 0 Å². The molecule has 1 heterocycles. The van der Waals surface area contributed by atoms with Crippen molar-refractivity contribution in [2.75, 3.05) is 0 Å². The van der Waals surface area contributed by atoms with Gasteiger partial charge in [0.1, 0.15) is 0 Å². The van der Waals surface area contributed by atoms with Crippen molar-refractivity contribution in [3.8, 4) is 11.4 Å². The van der Waals surface area contributed by atoms with Gasteiger partial charge in [-0.25, -0.2) is 9.97 Å². The number of hydrogen-bond donors (Lipinski definition) is 0. The van der Waals surface area contributed by atoms with Gasteiger partial charge < -0.3 is 0 Å². The van der Waals surface area contributed by atoms with E-state index in [2.05, 4.69) is 58.9 Å². The van der Waals surface area contributed by atoms with E-state index in [0.29, 0.717) is 5.92 Å². The van der Waals surface area contributed by atoms with E-state index in [-0.39, 0.29) is 0 Å². The zero-order valence-corrected chi connectivity index (χ0v) is 13.2. The third-order valence-corrected chi connectivity index (χ3v) is 3.65. The topological polar surface area (TPSA) is 25.8 Å². The van der Waals surface area contributed by atoms with Crippen molar-refractivity contribution in [2.45, 2.75) is 53.4 Å². The third kappa shape index (κ3) is 3.06. The van der Waals surface area contributed by atoms with Crippen molar-refractivity contribution in [1.82, 2.24) is 9.97 Å². The fraction of sp³-hybridized carbons (Fsp3) is 0.444. The Balaban J connectivity index is 2.38. The van der Waals surface area contributed by atoms with Gasteiger partial charge in [-0.05, 0) is 37.3 Å². The van der Waals surface area contributed by atoms with Crippen LogP contribution in [0.15, 0.2) is 24.3 Å². The minimum atomic E-state index is 0.469. The average Bonchev–Trinajstić information content (AvgIpc) is 2.38. The molecule has 0 fully saturated rings. The van der Waals surface area contributed by atoms with Gasteiger partial charge in [0.05, 0.1) is 0 Å². The zero-order valence-electron chi connectivity index (χ0n) is 13.2. The maximum absolute atomic E-state index is 4.69. The second-order valence-electron chi connectivity index (χ2n) is 5.73. The summed E-state index contributed by atoms with van der Waals surface area (Å²) in [6.45, 7) is 10.8. The first-order valence-electron chi connectivity index (χ1n) is 7.47. The van der Waals surface area contributed by atoms with Gasteiger partial charge in [0, 0.05) is 17.0 Å². The largest absolute Gasteiger partial charge is 0.233 e. The fourth-order valence-corrected chi connectivity index (χ4v) is 2.80. The summed E-state index contributed by atoms with van der Waals surface area (Å²) in [6.07, 6.45) is 2.31. The van der Waals surface area contributed by atoms with Crippen LogP contribution < -0.4 is 0 Å². The van der Waals surface area contributed by atoms with Crippen LogP contribution >= 0.6 is 0 Å². The molecule has 1 aromatic carbocycles. The van der Waals surface area contributed by atoms with Crippen molar-refractivity contribution in [3.63, 3.8) is 0 Å². The van der Waals surface area contributed by atoms with E-state index in [4.69, 9.17) is 9.97 Å². The Kier molecular flexibility index (Phi) is 4.53. The number of nitrogens with zero attached hydrogens (tertiary/aromatic N) is 2. The maximum atomic E-state index is 4.69. The van der Waals surface area contributed by atoms with Crippen molar-refractivity contribution in [1.29, 1.82) is 0 Å². The number of aromatic nitrogens is 2. The standard InChI is InChI=1S/C18H24N2/c1-6-7-15-8-10-16(11-9-15)18-19-13(4)17(12(2)3)14(5)20-18/h8-12H,6-7H2,1-5H3. The molecule has 0 atom stereocenters. The van der Waals surface area contributed by atoms with Gasteiger partial charge >= 0.3 is 0 Å². The molecule has 2 rings (SSSR count). The lowest BCUT2D eigenvalue weighted by molar-refractivity contribution is 0.814. The summed E-state index contributed by atoms with van der Waals surface area (Å²) in [5.74, 6) is 1.31. The van der Waals surface area contributed by atoms with Gasteiger partial charge in [-0.3, -0.25) is 0 Å². The van der Waals surface area contributed by atoms with Crippen molar-refractivity contribution in [2.24, 2.45) is 0 Å². The first-order valence-corrected chi connectivity index (χ1v) is 7.47. The van der Waals surface area contributed by atoms with E-state index < -0.39 is 0 Å². The predicted octanol–water partition coefficient (Wildman–Crippen LogP) is 4.84. The summed E-state index contributed by atoms with van der Waals surface area (Å²) in [6, 6.07) is 8.63. The molecule has 0 aliphatic heterocycles. The van der Waals surface area contributed by atoms with Crippen molar-refractivity contribution < 1.29 is 0 Å². The molecule has 0 amide bonds. The van der Waals surface area contributed by atoms with Crippen LogP contribution in [0.3, 0.4) is 0 Å². The van der Waals surface area contributed by atoms with Gasteiger partial charge in [-0.15, -0.1) is 0 Å². The number of hydrogen-bond acceptors (Lipinski definition) is 2. The molecular formula is C18H24N2. The van der Waals surface area contributed by atoms with Gasteiger partial charge in [0.15, 0.2) is 5.82 Å². The second-order valence-corrected chi connectivity index (χ2v) is 5.73. The highest BCUT2D eigenvalue weighted by atomic mass is 14.9. The van der Waals surface area contributed by atoms with E-state index in [1.165, 1.54) is 17.5 Å². The molecular weight excluding hydrogens is 244 g/mol. The lowest BCUT2D eigenvalue weighted by Crippen LogP contribution is -2.04. The zero-order chi connectivity index (χ0) is 14.7. The van der Waals surface area contributed by atoms with Crippen LogP contribution in [-0.4, -0.2) is 9.97 Å². The van der Waals surface area contributed by atoms with Gasteiger partial charge in [-0.1, -0.05) is 51.5 Å². The summed E-state index contributed by atoms with van der Waals surface area (Å²) < 4.78 is 0. The van der Waals surface area contributed by atoms with Crippen molar-refractivity contribution >= 4 is 0 Å². The van der Waals surface area contributed by atoms with Gasteiger partial charge in [-0.2, -0.15) is 0 Å². The van der Waals surface area contributed by atoms with E-state index in [1.807, 2.05) is 0 Å². The normalized spacial score (nSPS) is 11.1. The summed E-state index contributed by atoms with van der Waals surface area (Å²) in [4.78, 5) is 9.38. The molecule has 0 N–H and O–H groups in total. The molecule has 0 aliphatic rings. The molecule has 1 aromatic heterocycles. The average molecular weight is 268 g/mol. The van der Waals surface area contributed by atoms with Crippen LogP contribution in [0.5, 0.6) is 0 Å². The minimum absolute atomic E-state index is 0.469. The van der Waals surface area contributed by atoms with E-state index in [1.54, 1.807) is 0 Å². The molecule has 2 aromatic rings. The molecule has 2 heteroatoms. The SMILES string of the molecule is CCCc1ccc(-c2nc(C)c(C(C)C)c(C)n2)cc1. The maximum Gasteiger partial charge on any atom is 0.159 e. The van der Waals surface area contributed by atoms with Crippen LogP contribution in [0.2, 0.25) is 0 Å². The molecule has 0 spiro atoms. The third-order valence-electron chi connectivity index (χ3n) is 3.65. The Morgan fingerprint density at radius 3 is 1.95 bits per heavy atom. The Labute approximate surface area is 122 Å². The van der Waals surface area contributed by atoms with Crippen molar-refractivity contribution in [3.05, 3.63) is 46.8 Å². The Hall–Kier alpha value is -1.70. The van der Waals surface area contributed by atoms with Crippen LogP contribution in [-0.2, 0) is 6.42 Å². The first-order chi connectivity index (χ1) is 9.52. The van der Waals surface area contributed by atoms with Crippen LogP contribution in [0.25, 0.3) is 11.4 Å². The molecule has 106 valence electrons. The summed E-state index contributed by atoms with van der Waals surface area (Å²) in [5.41, 5.74) is 5.95. The van der Waals surface area contributed by atoms with E-state index >= 15 is 0 Å². The minimum Gasteiger partial charge on any atom is -0.233 e. The molecule has 0 saturated carbocycles. The van der Waals surface area contributed by atoms with E-state index in [0.717, 1.165) is 29.2 Å². The lowest BCUT2D eigenvalue weighted by atomic mass is 9.99. The van der Waals surface area contributed by atoms with Gasteiger partial charge in [0.25, 0.3) is 0 Å². The Morgan fingerprint density at radius 1 is 0.950 bits per heavy atom. The molecule has 0 bridgehead atoms. The first kappa shape index (κ1) is 14.7. The molecule has 0 unspecified atom stereocenters. The highest BCUT2D eigenvalue weighted by Gasteiger charge is 2.12. The smallest absolute Gasteiger partial charge is 0.159 e. The number of rotatable bonds is 4. The highest BCUT2D eigenvalue weighted by molar-refractivity contribution is 5.56. The predicted molar refractivity (Wildman–Crippen MR) is 85.0 cm³/mol. The molecule has 0 radical (unpaired) electrons. The van der Waals surface area contributed by atoms with Crippen LogP contribution in [0, 0.1) is 13.8 Å².